The van der Waals surface area contributed by atoms with Gasteiger partial charge in [0.25, 0.3) is 5.91 Å². The van der Waals surface area contributed by atoms with Crippen molar-refractivity contribution in [2.45, 2.75) is 0 Å². The van der Waals surface area contributed by atoms with Gasteiger partial charge in [-0.05, 0) is 17.2 Å². The van der Waals surface area contributed by atoms with Crippen molar-refractivity contribution in [3.8, 4) is 11.1 Å². The van der Waals surface area contributed by atoms with Crippen LogP contribution < -0.4 is 5.11 Å². The van der Waals surface area contributed by atoms with Crippen molar-refractivity contribution in [1.82, 2.24) is 4.90 Å². The van der Waals surface area contributed by atoms with E-state index in [1.807, 2.05) is 0 Å². The van der Waals surface area contributed by atoms with E-state index in [4.69, 9.17) is 4.74 Å². The maximum absolute atomic E-state index is 12.8. The van der Waals surface area contributed by atoms with Gasteiger partial charge in [-0.25, -0.2) is 0 Å². The van der Waals surface area contributed by atoms with Gasteiger partial charge < -0.3 is 19.5 Å². The van der Waals surface area contributed by atoms with Crippen LogP contribution in [0.15, 0.2) is 48.5 Å². The van der Waals surface area contributed by atoms with Crippen molar-refractivity contribution in [2.75, 3.05) is 26.3 Å². The van der Waals surface area contributed by atoms with Gasteiger partial charge in [-0.15, -0.1) is 0 Å². The van der Waals surface area contributed by atoms with Crippen LogP contribution in [-0.2, 0) is 4.74 Å². The average molecular weight is 310 g/mol. The normalized spacial score (nSPS) is 14.5. The number of ether oxygens (including phenoxy) is 1. The van der Waals surface area contributed by atoms with Gasteiger partial charge in [-0.2, -0.15) is 0 Å². The van der Waals surface area contributed by atoms with Crippen molar-refractivity contribution < 1.29 is 19.4 Å². The molecular weight excluding hydrogens is 294 g/mol. The molecule has 2 aromatic carbocycles. The van der Waals surface area contributed by atoms with E-state index in [1.165, 1.54) is 6.07 Å². The average Bonchev–Trinajstić information content (AvgIpc) is 2.62. The number of benzene rings is 2. The molecule has 1 aliphatic heterocycles. The van der Waals surface area contributed by atoms with Crippen molar-refractivity contribution in [2.24, 2.45) is 0 Å². The summed E-state index contributed by atoms with van der Waals surface area (Å²) in [6, 6.07) is 13.6. The highest BCUT2D eigenvalue weighted by molar-refractivity contribution is 6.04. The maximum atomic E-state index is 12.8. The number of amides is 1. The Labute approximate surface area is 134 Å². The summed E-state index contributed by atoms with van der Waals surface area (Å²) >= 11 is 0. The number of rotatable bonds is 3. The molecule has 3 rings (SSSR count). The van der Waals surface area contributed by atoms with E-state index in [9.17, 15) is 14.7 Å². The van der Waals surface area contributed by atoms with Crippen LogP contribution in [0.2, 0.25) is 0 Å². The van der Waals surface area contributed by atoms with Gasteiger partial charge in [0.1, 0.15) is 0 Å². The maximum Gasteiger partial charge on any atom is 0.254 e. The molecule has 23 heavy (non-hydrogen) atoms. The van der Waals surface area contributed by atoms with E-state index in [2.05, 4.69) is 0 Å². The van der Waals surface area contributed by atoms with Crippen LogP contribution in [0.4, 0.5) is 0 Å². The SMILES string of the molecule is O=C([O-])c1ccccc1-c1ccccc1C(=O)N1CCOCC1. The number of hydrogen-bond donors (Lipinski definition) is 0. The number of carboxylic acid groups (broad SMARTS) is 1. The molecule has 0 spiro atoms. The fourth-order valence-electron chi connectivity index (χ4n) is 2.74. The molecule has 2 aromatic rings. The summed E-state index contributed by atoms with van der Waals surface area (Å²) in [5.74, 6) is -1.37. The summed E-state index contributed by atoms with van der Waals surface area (Å²) in [5.41, 5.74) is 1.66. The van der Waals surface area contributed by atoms with E-state index in [-0.39, 0.29) is 11.5 Å². The molecule has 1 amide bonds. The van der Waals surface area contributed by atoms with Gasteiger partial charge in [0.2, 0.25) is 0 Å². The topological polar surface area (TPSA) is 69.7 Å². The lowest BCUT2D eigenvalue weighted by Crippen LogP contribution is -2.40. The molecule has 0 saturated carbocycles. The van der Waals surface area contributed by atoms with Crippen LogP contribution in [0.25, 0.3) is 11.1 Å². The number of carbonyl (C=O) groups excluding carboxylic acids is 2. The van der Waals surface area contributed by atoms with E-state index in [0.29, 0.717) is 43.0 Å². The first-order valence-electron chi connectivity index (χ1n) is 7.45. The summed E-state index contributed by atoms with van der Waals surface area (Å²) < 4.78 is 5.27. The Morgan fingerprint density at radius 1 is 0.870 bits per heavy atom. The summed E-state index contributed by atoms with van der Waals surface area (Å²) in [4.78, 5) is 25.9. The van der Waals surface area contributed by atoms with Gasteiger partial charge in [0.15, 0.2) is 0 Å². The molecule has 0 bridgehead atoms. The van der Waals surface area contributed by atoms with Crippen LogP contribution in [-0.4, -0.2) is 43.1 Å². The van der Waals surface area contributed by atoms with Crippen LogP contribution in [0, 0.1) is 0 Å². The highest BCUT2D eigenvalue weighted by Crippen LogP contribution is 2.28. The Morgan fingerprint density at radius 2 is 1.39 bits per heavy atom. The third-order valence-corrected chi connectivity index (χ3v) is 3.89. The number of carbonyl (C=O) groups is 2. The molecule has 118 valence electrons. The molecular formula is C18H16NO4-. The molecule has 0 radical (unpaired) electrons. The molecule has 0 aromatic heterocycles. The largest absolute Gasteiger partial charge is 0.545 e. The molecule has 5 heteroatoms. The third kappa shape index (κ3) is 3.10. The number of morpholine rings is 1. The summed E-state index contributed by atoms with van der Waals surface area (Å²) in [6.07, 6.45) is 0. The number of aromatic carboxylic acids is 1. The molecule has 1 aliphatic rings. The second-order valence-electron chi connectivity index (χ2n) is 5.28. The zero-order valence-electron chi connectivity index (χ0n) is 12.5. The standard InChI is InChI=1S/C18H17NO4/c20-17(19-9-11-23-12-10-19)15-7-3-1-5-13(15)14-6-2-4-8-16(14)18(21)22/h1-8H,9-12H2,(H,21,22)/p-1. The van der Waals surface area contributed by atoms with Gasteiger partial charge in [0, 0.05) is 24.2 Å². The van der Waals surface area contributed by atoms with Crippen molar-refractivity contribution in [3.63, 3.8) is 0 Å². The lowest BCUT2D eigenvalue weighted by molar-refractivity contribution is -0.254. The predicted molar refractivity (Wildman–Crippen MR) is 82.9 cm³/mol. The zero-order chi connectivity index (χ0) is 16.2. The number of carboxylic acids is 1. The Hall–Kier alpha value is -2.66. The Bertz CT molecular complexity index is 735. The lowest BCUT2D eigenvalue weighted by Gasteiger charge is -2.27. The summed E-state index contributed by atoms with van der Waals surface area (Å²) in [6.45, 7) is 2.11. The van der Waals surface area contributed by atoms with Crippen molar-refractivity contribution in [1.29, 1.82) is 0 Å². The fourth-order valence-corrected chi connectivity index (χ4v) is 2.74. The predicted octanol–water partition coefficient (Wildman–Crippen LogP) is 1.19. The Morgan fingerprint density at radius 3 is 2.00 bits per heavy atom. The summed E-state index contributed by atoms with van der Waals surface area (Å²) in [7, 11) is 0. The van der Waals surface area contributed by atoms with E-state index in [1.54, 1.807) is 47.4 Å². The first-order valence-corrected chi connectivity index (χ1v) is 7.45. The summed E-state index contributed by atoms with van der Waals surface area (Å²) in [5, 5.41) is 11.4. The van der Waals surface area contributed by atoms with E-state index < -0.39 is 5.97 Å². The molecule has 0 atom stereocenters. The van der Waals surface area contributed by atoms with Gasteiger partial charge in [0.05, 0.1) is 19.2 Å². The van der Waals surface area contributed by atoms with Gasteiger partial charge in [-0.3, -0.25) is 4.79 Å². The monoisotopic (exact) mass is 310 g/mol. The Kier molecular flexibility index (Phi) is 4.39. The quantitative estimate of drug-likeness (QED) is 0.854. The molecule has 0 N–H and O–H groups in total. The van der Waals surface area contributed by atoms with Gasteiger partial charge >= 0.3 is 0 Å². The first-order chi connectivity index (χ1) is 11.2. The van der Waals surface area contributed by atoms with Crippen LogP contribution in [0.3, 0.4) is 0 Å². The highest BCUT2D eigenvalue weighted by atomic mass is 16.5. The Balaban J connectivity index is 2.05. The fraction of sp³-hybridized carbons (Fsp3) is 0.222. The van der Waals surface area contributed by atoms with Crippen LogP contribution >= 0.6 is 0 Å². The molecule has 1 heterocycles. The minimum absolute atomic E-state index is 0.0785. The smallest absolute Gasteiger partial charge is 0.254 e. The zero-order valence-corrected chi connectivity index (χ0v) is 12.5. The minimum atomic E-state index is -1.26. The number of nitrogens with zero attached hydrogens (tertiary/aromatic N) is 1. The highest BCUT2D eigenvalue weighted by Gasteiger charge is 2.22. The molecule has 0 unspecified atom stereocenters. The molecule has 0 aliphatic carbocycles. The minimum Gasteiger partial charge on any atom is -0.545 e. The molecule has 5 nitrogen and oxygen atoms in total. The van der Waals surface area contributed by atoms with Crippen molar-refractivity contribution in [3.05, 3.63) is 59.7 Å². The van der Waals surface area contributed by atoms with Crippen LogP contribution in [0.1, 0.15) is 20.7 Å². The number of hydrogen-bond acceptors (Lipinski definition) is 4. The second-order valence-corrected chi connectivity index (χ2v) is 5.28. The second kappa shape index (κ2) is 6.62. The van der Waals surface area contributed by atoms with Crippen molar-refractivity contribution >= 4 is 11.9 Å². The molecule has 1 fully saturated rings. The van der Waals surface area contributed by atoms with Crippen LogP contribution in [0.5, 0.6) is 0 Å². The van der Waals surface area contributed by atoms with E-state index >= 15 is 0 Å². The lowest BCUT2D eigenvalue weighted by atomic mass is 9.94. The molecule has 1 saturated heterocycles. The van der Waals surface area contributed by atoms with Gasteiger partial charge in [-0.1, -0.05) is 42.5 Å². The van der Waals surface area contributed by atoms with E-state index in [0.717, 1.165) is 0 Å². The third-order valence-electron chi connectivity index (χ3n) is 3.89. The first kappa shape index (κ1) is 15.2.